The fourth-order valence-electron chi connectivity index (χ4n) is 2.91. The molecule has 3 rings (SSSR count). The Bertz CT molecular complexity index is 1100. The normalized spacial score (nSPS) is 10.8. The van der Waals surface area contributed by atoms with Crippen molar-refractivity contribution in [2.45, 2.75) is 20.3 Å². The number of ether oxygens (including phenoxy) is 1. The van der Waals surface area contributed by atoms with E-state index in [0.717, 1.165) is 11.8 Å². The van der Waals surface area contributed by atoms with Crippen molar-refractivity contribution in [3.8, 4) is 34.1 Å². The number of fused-ring (bicyclic) bond motifs is 1. The predicted octanol–water partition coefficient (Wildman–Crippen LogP) is 4.09. The van der Waals surface area contributed by atoms with Crippen LogP contribution in [-0.2, 0) is 6.42 Å². The molecule has 0 atom stereocenters. The molecule has 6 heteroatoms. The Morgan fingerprint density at radius 2 is 1.93 bits per heavy atom. The first-order chi connectivity index (χ1) is 12.8. The molecule has 0 aliphatic carbocycles. The minimum Gasteiger partial charge on any atom is -0.508 e. The molecule has 0 fully saturated rings. The summed E-state index contributed by atoms with van der Waals surface area (Å²) in [4.78, 5) is 12.9. The molecule has 0 amide bonds. The Kier molecular flexibility index (Phi) is 4.81. The summed E-state index contributed by atoms with van der Waals surface area (Å²) >= 11 is 0. The molecule has 0 saturated heterocycles. The van der Waals surface area contributed by atoms with E-state index >= 15 is 0 Å². The zero-order valence-electron chi connectivity index (χ0n) is 15.2. The standard InChI is InChI=1S/C21H20O6/c1-11(2)4-6-13-17(26-3)9-16(23)19(21(13)25)15-10-27-18-8-12(22)5-7-14(18)20(15)24/h4-5,7-10,22-23,25H,6H2,1-3H3. The largest absolute Gasteiger partial charge is 0.508 e. The van der Waals surface area contributed by atoms with Gasteiger partial charge < -0.3 is 24.5 Å². The molecule has 0 saturated carbocycles. The van der Waals surface area contributed by atoms with Gasteiger partial charge in [0.25, 0.3) is 0 Å². The van der Waals surface area contributed by atoms with E-state index in [1.807, 2.05) is 19.9 Å². The lowest BCUT2D eigenvalue weighted by Gasteiger charge is -2.15. The van der Waals surface area contributed by atoms with Gasteiger partial charge in [0.05, 0.1) is 23.6 Å². The summed E-state index contributed by atoms with van der Waals surface area (Å²) in [6.07, 6.45) is 3.44. The smallest absolute Gasteiger partial charge is 0.200 e. The predicted molar refractivity (Wildman–Crippen MR) is 103 cm³/mol. The van der Waals surface area contributed by atoms with Gasteiger partial charge >= 0.3 is 0 Å². The summed E-state index contributed by atoms with van der Waals surface area (Å²) < 4.78 is 10.7. The molecule has 3 aromatic rings. The van der Waals surface area contributed by atoms with Crippen LogP contribution >= 0.6 is 0 Å². The molecule has 27 heavy (non-hydrogen) atoms. The molecule has 0 aliphatic rings. The number of benzene rings is 2. The summed E-state index contributed by atoms with van der Waals surface area (Å²) in [5, 5.41) is 31.0. The van der Waals surface area contributed by atoms with E-state index in [4.69, 9.17) is 9.15 Å². The van der Waals surface area contributed by atoms with Crippen LogP contribution < -0.4 is 10.2 Å². The van der Waals surface area contributed by atoms with Crippen molar-refractivity contribution in [1.82, 2.24) is 0 Å². The van der Waals surface area contributed by atoms with Crippen molar-refractivity contribution in [2.75, 3.05) is 7.11 Å². The fraction of sp³-hybridized carbons (Fsp3) is 0.190. The Hall–Kier alpha value is -3.41. The summed E-state index contributed by atoms with van der Waals surface area (Å²) in [7, 11) is 1.44. The topological polar surface area (TPSA) is 100 Å². The van der Waals surface area contributed by atoms with Gasteiger partial charge in [-0.15, -0.1) is 0 Å². The van der Waals surface area contributed by atoms with Crippen LogP contribution in [0.3, 0.4) is 0 Å². The number of phenolic OH excluding ortho intramolecular Hbond substituents is 3. The number of hydrogen-bond donors (Lipinski definition) is 3. The molecule has 0 unspecified atom stereocenters. The highest BCUT2D eigenvalue weighted by Crippen LogP contribution is 2.44. The van der Waals surface area contributed by atoms with Gasteiger partial charge in [0.2, 0.25) is 5.43 Å². The molecule has 0 aliphatic heterocycles. The molecule has 0 spiro atoms. The van der Waals surface area contributed by atoms with Crippen LogP contribution in [0.5, 0.6) is 23.0 Å². The van der Waals surface area contributed by atoms with Crippen LogP contribution in [0.4, 0.5) is 0 Å². The minimum atomic E-state index is -0.430. The Morgan fingerprint density at radius 3 is 2.59 bits per heavy atom. The van der Waals surface area contributed by atoms with Gasteiger partial charge in [0.1, 0.15) is 34.8 Å². The van der Waals surface area contributed by atoms with E-state index in [1.165, 1.54) is 31.4 Å². The Morgan fingerprint density at radius 1 is 1.19 bits per heavy atom. The van der Waals surface area contributed by atoms with Crippen molar-refractivity contribution in [3.63, 3.8) is 0 Å². The first-order valence-electron chi connectivity index (χ1n) is 8.33. The summed E-state index contributed by atoms with van der Waals surface area (Å²) in [6.45, 7) is 3.86. The van der Waals surface area contributed by atoms with E-state index < -0.39 is 5.43 Å². The van der Waals surface area contributed by atoms with Gasteiger partial charge in [0, 0.05) is 17.7 Å². The third kappa shape index (κ3) is 3.33. The van der Waals surface area contributed by atoms with Crippen LogP contribution in [0.15, 0.2) is 51.4 Å². The van der Waals surface area contributed by atoms with E-state index in [2.05, 4.69) is 0 Å². The quantitative estimate of drug-likeness (QED) is 0.600. The van der Waals surface area contributed by atoms with Gasteiger partial charge in [-0.3, -0.25) is 4.79 Å². The number of phenols is 3. The molecule has 3 N–H and O–H groups in total. The second-order valence-corrected chi connectivity index (χ2v) is 6.44. The average Bonchev–Trinajstić information content (AvgIpc) is 2.62. The van der Waals surface area contributed by atoms with E-state index in [1.54, 1.807) is 0 Å². The van der Waals surface area contributed by atoms with Crippen molar-refractivity contribution in [3.05, 3.63) is 58.0 Å². The average molecular weight is 368 g/mol. The maximum atomic E-state index is 12.9. The van der Waals surface area contributed by atoms with Gasteiger partial charge in [-0.2, -0.15) is 0 Å². The minimum absolute atomic E-state index is 0.0170. The lowest BCUT2D eigenvalue weighted by Crippen LogP contribution is -2.06. The monoisotopic (exact) mass is 368 g/mol. The lowest BCUT2D eigenvalue weighted by molar-refractivity contribution is 0.393. The highest BCUT2D eigenvalue weighted by molar-refractivity contribution is 5.86. The van der Waals surface area contributed by atoms with E-state index in [9.17, 15) is 20.1 Å². The molecule has 1 aromatic heterocycles. The van der Waals surface area contributed by atoms with Gasteiger partial charge in [-0.1, -0.05) is 11.6 Å². The van der Waals surface area contributed by atoms with Crippen molar-refractivity contribution >= 4 is 11.0 Å². The first kappa shape index (κ1) is 18.4. The zero-order valence-corrected chi connectivity index (χ0v) is 15.2. The number of allylic oxidation sites excluding steroid dienone is 2. The Balaban J connectivity index is 2.28. The van der Waals surface area contributed by atoms with Crippen LogP contribution in [0.25, 0.3) is 22.1 Å². The SMILES string of the molecule is COc1cc(O)c(-c2coc3cc(O)ccc3c2=O)c(O)c1CC=C(C)C. The van der Waals surface area contributed by atoms with Crippen LogP contribution in [0, 0.1) is 0 Å². The lowest BCUT2D eigenvalue weighted by atomic mass is 9.97. The third-order valence-electron chi connectivity index (χ3n) is 4.31. The molecule has 1 heterocycles. The maximum absolute atomic E-state index is 12.9. The first-order valence-corrected chi connectivity index (χ1v) is 8.33. The molecule has 2 aromatic carbocycles. The van der Waals surface area contributed by atoms with Crippen LogP contribution in [0.1, 0.15) is 19.4 Å². The highest BCUT2D eigenvalue weighted by Gasteiger charge is 2.22. The number of methoxy groups -OCH3 is 1. The molecule has 6 nitrogen and oxygen atoms in total. The van der Waals surface area contributed by atoms with Crippen molar-refractivity contribution in [1.29, 1.82) is 0 Å². The van der Waals surface area contributed by atoms with Crippen molar-refractivity contribution in [2.24, 2.45) is 0 Å². The number of hydrogen-bond acceptors (Lipinski definition) is 6. The molecular formula is C21H20O6. The molecular weight excluding hydrogens is 348 g/mol. The van der Waals surface area contributed by atoms with Crippen molar-refractivity contribution < 1.29 is 24.5 Å². The second kappa shape index (κ2) is 7.07. The maximum Gasteiger partial charge on any atom is 0.200 e. The van der Waals surface area contributed by atoms with E-state index in [-0.39, 0.29) is 39.3 Å². The van der Waals surface area contributed by atoms with Gasteiger partial charge in [0.15, 0.2) is 0 Å². The molecule has 140 valence electrons. The van der Waals surface area contributed by atoms with Crippen LogP contribution in [0.2, 0.25) is 0 Å². The zero-order chi connectivity index (χ0) is 19.7. The van der Waals surface area contributed by atoms with E-state index in [0.29, 0.717) is 17.7 Å². The van der Waals surface area contributed by atoms with Crippen LogP contribution in [-0.4, -0.2) is 22.4 Å². The number of aromatic hydroxyl groups is 3. The highest BCUT2D eigenvalue weighted by atomic mass is 16.5. The Labute approximate surface area is 155 Å². The van der Waals surface area contributed by atoms with Gasteiger partial charge in [-0.05, 0) is 32.4 Å². The number of rotatable bonds is 4. The second-order valence-electron chi connectivity index (χ2n) is 6.44. The third-order valence-corrected chi connectivity index (χ3v) is 4.31. The summed E-state index contributed by atoms with van der Waals surface area (Å²) in [6, 6.07) is 5.50. The van der Waals surface area contributed by atoms with Gasteiger partial charge in [-0.25, -0.2) is 0 Å². The summed E-state index contributed by atoms with van der Waals surface area (Å²) in [5.41, 5.74) is 1.29. The molecule has 0 bridgehead atoms. The fourth-order valence-corrected chi connectivity index (χ4v) is 2.91. The summed E-state index contributed by atoms with van der Waals surface area (Å²) in [5.74, 6) is -0.246. The molecule has 0 radical (unpaired) electrons.